The molecule has 2 aromatic heterocycles. The van der Waals surface area contributed by atoms with Crippen molar-refractivity contribution in [1.82, 2.24) is 14.9 Å². The molecule has 1 aliphatic heterocycles. The number of piperazine rings is 1. The van der Waals surface area contributed by atoms with Crippen LogP contribution in [0.5, 0.6) is 0 Å². The summed E-state index contributed by atoms with van der Waals surface area (Å²) in [6.45, 7) is 6.08. The Hall–Kier alpha value is -1.40. The highest BCUT2D eigenvalue weighted by atomic mass is 35.5. The second-order valence-electron chi connectivity index (χ2n) is 6.16. The van der Waals surface area contributed by atoms with Gasteiger partial charge in [0.05, 0.1) is 21.6 Å². The summed E-state index contributed by atoms with van der Waals surface area (Å²) in [7, 11) is 0. The Bertz CT molecular complexity index is 876. The summed E-state index contributed by atoms with van der Waals surface area (Å²) in [5, 5.41) is 5.43. The lowest BCUT2D eigenvalue weighted by molar-refractivity contribution is 0.198. The van der Waals surface area contributed by atoms with E-state index in [0.717, 1.165) is 42.9 Å². The summed E-state index contributed by atoms with van der Waals surface area (Å²) in [6, 6.07) is 8.02. The molecular formula is C18H18Cl2N4S. The Balaban J connectivity index is 1.51. The molecule has 3 aromatic rings. The SMILES string of the molecule is CC(c1nccs1)N1CCN(c2ccc3c(Cl)ccc(Cl)c3n2)CC1. The number of aromatic nitrogens is 2. The minimum atomic E-state index is 0.361. The van der Waals surface area contributed by atoms with Crippen molar-refractivity contribution in [3.05, 3.63) is 50.9 Å². The van der Waals surface area contributed by atoms with Gasteiger partial charge < -0.3 is 4.90 Å². The van der Waals surface area contributed by atoms with Crippen LogP contribution in [0.1, 0.15) is 18.0 Å². The Morgan fingerprint density at radius 3 is 2.52 bits per heavy atom. The zero-order valence-corrected chi connectivity index (χ0v) is 16.2. The zero-order chi connectivity index (χ0) is 17.4. The van der Waals surface area contributed by atoms with Gasteiger partial charge in [-0.1, -0.05) is 23.2 Å². The van der Waals surface area contributed by atoms with E-state index in [-0.39, 0.29) is 0 Å². The van der Waals surface area contributed by atoms with Crippen LogP contribution in [0, 0.1) is 0 Å². The van der Waals surface area contributed by atoms with Crippen molar-refractivity contribution < 1.29 is 0 Å². The quantitative estimate of drug-likeness (QED) is 0.635. The van der Waals surface area contributed by atoms with E-state index < -0.39 is 0 Å². The molecule has 0 aliphatic carbocycles. The third kappa shape index (κ3) is 3.34. The maximum absolute atomic E-state index is 6.31. The van der Waals surface area contributed by atoms with Crippen LogP contribution in [0.2, 0.25) is 10.0 Å². The molecule has 0 bridgehead atoms. The molecule has 130 valence electrons. The van der Waals surface area contributed by atoms with Crippen molar-refractivity contribution in [3.8, 4) is 0 Å². The first kappa shape index (κ1) is 17.0. The third-order valence-corrected chi connectivity index (χ3v) is 6.32. The van der Waals surface area contributed by atoms with E-state index in [2.05, 4.69) is 21.7 Å². The molecule has 0 radical (unpaired) electrons. The molecule has 0 amide bonds. The number of thiazole rings is 1. The molecule has 1 unspecified atom stereocenters. The maximum Gasteiger partial charge on any atom is 0.129 e. The topological polar surface area (TPSA) is 32.3 Å². The Morgan fingerprint density at radius 1 is 1.04 bits per heavy atom. The van der Waals surface area contributed by atoms with E-state index in [4.69, 9.17) is 28.2 Å². The molecule has 3 heterocycles. The lowest BCUT2D eigenvalue weighted by Gasteiger charge is -2.38. The number of halogens is 2. The smallest absolute Gasteiger partial charge is 0.129 e. The monoisotopic (exact) mass is 392 g/mol. The predicted molar refractivity (Wildman–Crippen MR) is 106 cm³/mol. The highest BCUT2D eigenvalue weighted by Crippen LogP contribution is 2.31. The zero-order valence-electron chi connectivity index (χ0n) is 13.8. The standard InChI is InChI=1S/C18H18Cl2N4S/c1-12(18-21-6-11-25-18)23-7-9-24(10-8-23)16-5-2-13-14(19)3-4-15(20)17(13)22-16/h2-6,11-12H,7-10H2,1H3. The lowest BCUT2D eigenvalue weighted by atomic mass is 10.2. The van der Waals surface area contributed by atoms with Gasteiger partial charge in [0.1, 0.15) is 10.8 Å². The minimum Gasteiger partial charge on any atom is -0.354 e. The molecular weight excluding hydrogens is 375 g/mol. The average molecular weight is 393 g/mol. The van der Waals surface area contributed by atoms with E-state index in [0.29, 0.717) is 16.1 Å². The summed E-state index contributed by atoms with van der Waals surface area (Å²) >= 11 is 14.3. The van der Waals surface area contributed by atoms with Crippen molar-refractivity contribution in [1.29, 1.82) is 0 Å². The third-order valence-electron chi connectivity index (χ3n) is 4.73. The summed E-state index contributed by atoms with van der Waals surface area (Å²) in [6.07, 6.45) is 1.88. The van der Waals surface area contributed by atoms with E-state index in [1.807, 2.05) is 29.8 Å². The largest absolute Gasteiger partial charge is 0.354 e. The fraction of sp³-hybridized carbons (Fsp3) is 0.333. The molecule has 4 nitrogen and oxygen atoms in total. The van der Waals surface area contributed by atoms with Crippen LogP contribution in [0.15, 0.2) is 35.8 Å². The molecule has 4 rings (SSSR count). The van der Waals surface area contributed by atoms with E-state index >= 15 is 0 Å². The van der Waals surface area contributed by atoms with E-state index in [9.17, 15) is 0 Å². The van der Waals surface area contributed by atoms with Gasteiger partial charge in [0.2, 0.25) is 0 Å². The van der Waals surface area contributed by atoms with Crippen molar-refractivity contribution in [3.63, 3.8) is 0 Å². The number of nitrogens with zero attached hydrogens (tertiary/aromatic N) is 4. The van der Waals surface area contributed by atoms with Crippen LogP contribution in [-0.4, -0.2) is 41.0 Å². The van der Waals surface area contributed by atoms with Gasteiger partial charge in [0.15, 0.2) is 0 Å². The second kappa shape index (κ2) is 7.08. The van der Waals surface area contributed by atoms with Crippen LogP contribution in [0.4, 0.5) is 5.82 Å². The number of fused-ring (bicyclic) bond motifs is 1. The Morgan fingerprint density at radius 2 is 1.80 bits per heavy atom. The van der Waals surface area contributed by atoms with E-state index in [1.165, 1.54) is 5.01 Å². The maximum atomic E-state index is 6.31. The normalized spacial score (nSPS) is 17.2. The summed E-state index contributed by atoms with van der Waals surface area (Å²) < 4.78 is 0. The lowest BCUT2D eigenvalue weighted by Crippen LogP contribution is -2.47. The molecule has 1 fully saturated rings. The molecule has 1 aromatic carbocycles. The number of rotatable bonds is 3. The van der Waals surface area contributed by atoms with Crippen LogP contribution in [0.3, 0.4) is 0 Å². The van der Waals surface area contributed by atoms with Gasteiger partial charge in [-0.05, 0) is 31.2 Å². The molecule has 0 N–H and O–H groups in total. The second-order valence-corrected chi connectivity index (χ2v) is 7.90. The Labute approximate surface area is 161 Å². The number of anilines is 1. The van der Waals surface area contributed by atoms with Crippen LogP contribution >= 0.6 is 34.5 Å². The minimum absolute atomic E-state index is 0.361. The highest BCUT2D eigenvalue weighted by molar-refractivity contribution is 7.09. The number of hydrogen-bond acceptors (Lipinski definition) is 5. The Kier molecular flexibility index (Phi) is 4.82. The number of hydrogen-bond donors (Lipinski definition) is 0. The van der Waals surface area contributed by atoms with Crippen LogP contribution in [0.25, 0.3) is 10.9 Å². The highest BCUT2D eigenvalue weighted by Gasteiger charge is 2.24. The van der Waals surface area contributed by atoms with Gasteiger partial charge in [-0.3, -0.25) is 4.90 Å². The fourth-order valence-electron chi connectivity index (χ4n) is 3.25. The molecule has 7 heteroatoms. The number of benzene rings is 1. The average Bonchev–Trinajstić information content (AvgIpc) is 3.19. The van der Waals surface area contributed by atoms with E-state index in [1.54, 1.807) is 17.4 Å². The first-order chi connectivity index (χ1) is 12.1. The van der Waals surface area contributed by atoms with Crippen molar-refractivity contribution in [2.75, 3.05) is 31.1 Å². The molecule has 1 saturated heterocycles. The van der Waals surface area contributed by atoms with Gasteiger partial charge >= 0.3 is 0 Å². The van der Waals surface area contributed by atoms with Gasteiger partial charge in [0, 0.05) is 43.1 Å². The molecule has 25 heavy (non-hydrogen) atoms. The predicted octanol–water partition coefficient (Wildman–Crippen LogP) is 4.88. The van der Waals surface area contributed by atoms with Crippen molar-refractivity contribution in [2.45, 2.75) is 13.0 Å². The van der Waals surface area contributed by atoms with Crippen LogP contribution in [-0.2, 0) is 0 Å². The molecule has 0 spiro atoms. The van der Waals surface area contributed by atoms with Gasteiger partial charge in [-0.15, -0.1) is 11.3 Å². The van der Waals surface area contributed by atoms with Crippen LogP contribution < -0.4 is 4.90 Å². The fourth-order valence-corrected chi connectivity index (χ4v) is 4.40. The first-order valence-corrected chi connectivity index (χ1v) is 9.90. The molecule has 0 saturated carbocycles. The summed E-state index contributed by atoms with van der Waals surface area (Å²) in [5.41, 5.74) is 0.769. The first-order valence-electron chi connectivity index (χ1n) is 8.26. The molecule has 1 aliphatic rings. The van der Waals surface area contributed by atoms with Gasteiger partial charge in [-0.25, -0.2) is 9.97 Å². The van der Waals surface area contributed by atoms with Crippen molar-refractivity contribution in [2.24, 2.45) is 0 Å². The summed E-state index contributed by atoms with van der Waals surface area (Å²) in [4.78, 5) is 14.0. The van der Waals surface area contributed by atoms with Gasteiger partial charge in [-0.2, -0.15) is 0 Å². The molecule has 1 atom stereocenters. The van der Waals surface area contributed by atoms with Gasteiger partial charge in [0.25, 0.3) is 0 Å². The number of pyridine rings is 1. The van der Waals surface area contributed by atoms with Crippen molar-refractivity contribution >= 4 is 51.3 Å². The summed E-state index contributed by atoms with van der Waals surface area (Å²) in [5.74, 6) is 0.957.